The summed E-state index contributed by atoms with van der Waals surface area (Å²) in [6.07, 6.45) is 1.50. The van der Waals surface area contributed by atoms with Crippen LogP contribution < -0.4 is 10.1 Å². The maximum Gasteiger partial charge on any atom is 0.258 e. The van der Waals surface area contributed by atoms with Crippen molar-refractivity contribution in [3.8, 4) is 5.75 Å². The molecular formula is C23H27NO3. The van der Waals surface area contributed by atoms with E-state index in [2.05, 4.69) is 31.3 Å². The third-order valence-corrected chi connectivity index (χ3v) is 5.31. The molecule has 1 aliphatic rings. The molecule has 3 rings (SSSR count). The molecular weight excluding hydrogens is 338 g/mol. The molecule has 0 aromatic heterocycles. The molecule has 4 heteroatoms. The first-order valence-corrected chi connectivity index (χ1v) is 9.58. The average molecular weight is 365 g/mol. The molecule has 0 unspecified atom stereocenters. The van der Waals surface area contributed by atoms with Gasteiger partial charge in [0.2, 0.25) is 0 Å². The summed E-state index contributed by atoms with van der Waals surface area (Å²) >= 11 is 0. The predicted molar refractivity (Wildman–Crippen MR) is 106 cm³/mol. The molecule has 0 bridgehead atoms. The monoisotopic (exact) mass is 365 g/mol. The quantitative estimate of drug-likeness (QED) is 0.820. The van der Waals surface area contributed by atoms with Gasteiger partial charge in [-0.05, 0) is 54.5 Å². The SMILES string of the molecule is CCc1ccc([C@H](C)NC(=O)COc2ccc(C)c3c2C(=O)C[C@H]3C)cc1. The van der Waals surface area contributed by atoms with E-state index in [0.717, 1.165) is 23.1 Å². The van der Waals surface area contributed by atoms with Gasteiger partial charge in [-0.3, -0.25) is 9.59 Å². The highest BCUT2D eigenvalue weighted by atomic mass is 16.5. The van der Waals surface area contributed by atoms with Crippen molar-refractivity contribution in [3.63, 3.8) is 0 Å². The van der Waals surface area contributed by atoms with Gasteiger partial charge in [-0.1, -0.05) is 44.2 Å². The molecule has 4 nitrogen and oxygen atoms in total. The molecule has 142 valence electrons. The van der Waals surface area contributed by atoms with Crippen LogP contribution in [0.1, 0.15) is 71.8 Å². The van der Waals surface area contributed by atoms with Crippen LogP contribution in [0.2, 0.25) is 0 Å². The van der Waals surface area contributed by atoms with Crippen LogP contribution in [0.5, 0.6) is 5.75 Å². The Morgan fingerprint density at radius 1 is 1.22 bits per heavy atom. The first kappa shape index (κ1) is 19.2. The Hall–Kier alpha value is -2.62. The summed E-state index contributed by atoms with van der Waals surface area (Å²) in [6, 6.07) is 11.9. The molecule has 0 spiro atoms. The zero-order valence-corrected chi connectivity index (χ0v) is 16.5. The summed E-state index contributed by atoms with van der Waals surface area (Å²) in [5.74, 6) is 0.618. The van der Waals surface area contributed by atoms with Crippen LogP contribution in [0, 0.1) is 6.92 Å². The number of aryl methyl sites for hydroxylation is 2. The van der Waals surface area contributed by atoms with E-state index in [0.29, 0.717) is 17.7 Å². The van der Waals surface area contributed by atoms with E-state index in [1.807, 2.05) is 32.0 Å². The first-order chi connectivity index (χ1) is 12.9. The van der Waals surface area contributed by atoms with Crippen molar-refractivity contribution in [2.75, 3.05) is 6.61 Å². The van der Waals surface area contributed by atoms with Gasteiger partial charge in [-0.2, -0.15) is 0 Å². The van der Waals surface area contributed by atoms with Crippen molar-refractivity contribution in [1.29, 1.82) is 0 Å². The third kappa shape index (κ3) is 4.05. The summed E-state index contributed by atoms with van der Waals surface area (Å²) in [5.41, 5.74) is 5.14. The van der Waals surface area contributed by atoms with Gasteiger partial charge < -0.3 is 10.1 Å². The van der Waals surface area contributed by atoms with E-state index >= 15 is 0 Å². The molecule has 1 amide bonds. The normalized spacial score (nSPS) is 16.7. The number of benzene rings is 2. The fraction of sp³-hybridized carbons (Fsp3) is 0.391. The molecule has 0 radical (unpaired) electrons. The number of ether oxygens (including phenoxy) is 1. The zero-order chi connectivity index (χ0) is 19.6. The Morgan fingerprint density at radius 3 is 2.59 bits per heavy atom. The molecule has 2 aromatic rings. The Morgan fingerprint density at radius 2 is 1.93 bits per heavy atom. The molecule has 0 aliphatic heterocycles. The molecule has 1 aliphatic carbocycles. The number of hydrogen-bond acceptors (Lipinski definition) is 3. The largest absolute Gasteiger partial charge is 0.483 e. The van der Waals surface area contributed by atoms with Crippen LogP contribution in [0.15, 0.2) is 36.4 Å². The maximum absolute atomic E-state index is 12.3. The van der Waals surface area contributed by atoms with Crippen LogP contribution in [0.25, 0.3) is 0 Å². The number of carbonyl (C=O) groups excluding carboxylic acids is 2. The van der Waals surface area contributed by atoms with Crippen molar-refractivity contribution in [1.82, 2.24) is 5.32 Å². The fourth-order valence-corrected chi connectivity index (χ4v) is 3.78. The summed E-state index contributed by atoms with van der Waals surface area (Å²) in [7, 11) is 0. The smallest absolute Gasteiger partial charge is 0.258 e. The highest BCUT2D eigenvalue weighted by Gasteiger charge is 2.31. The molecule has 2 atom stereocenters. The lowest BCUT2D eigenvalue weighted by atomic mass is 9.97. The van der Waals surface area contributed by atoms with Crippen molar-refractivity contribution < 1.29 is 14.3 Å². The minimum Gasteiger partial charge on any atom is -0.483 e. The van der Waals surface area contributed by atoms with E-state index in [1.54, 1.807) is 6.07 Å². The van der Waals surface area contributed by atoms with Crippen molar-refractivity contribution in [2.24, 2.45) is 0 Å². The van der Waals surface area contributed by atoms with Crippen molar-refractivity contribution in [3.05, 3.63) is 64.2 Å². The number of carbonyl (C=O) groups is 2. The van der Waals surface area contributed by atoms with Gasteiger partial charge in [0.1, 0.15) is 5.75 Å². The second-order valence-electron chi connectivity index (χ2n) is 7.37. The third-order valence-electron chi connectivity index (χ3n) is 5.31. The van der Waals surface area contributed by atoms with Gasteiger partial charge in [0.05, 0.1) is 11.6 Å². The molecule has 2 aromatic carbocycles. The molecule has 0 heterocycles. The van der Waals surface area contributed by atoms with Gasteiger partial charge in [0, 0.05) is 6.42 Å². The highest BCUT2D eigenvalue weighted by molar-refractivity contribution is 6.04. The van der Waals surface area contributed by atoms with Gasteiger partial charge >= 0.3 is 0 Å². The lowest BCUT2D eigenvalue weighted by molar-refractivity contribution is -0.123. The van der Waals surface area contributed by atoms with E-state index in [-0.39, 0.29) is 30.3 Å². The van der Waals surface area contributed by atoms with Crippen LogP contribution in [0.4, 0.5) is 0 Å². The van der Waals surface area contributed by atoms with E-state index in [9.17, 15) is 9.59 Å². The summed E-state index contributed by atoms with van der Waals surface area (Å²) in [6.45, 7) is 8.03. The number of nitrogens with one attached hydrogen (secondary N) is 1. The first-order valence-electron chi connectivity index (χ1n) is 9.58. The summed E-state index contributed by atoms with van der Waals surface area (Å²) in [4.78, 5) is 24.6. The number of fused-ring (bicyclic) bond motifs is 1. The Balaban J connectivity index is 1.64. The predicted octanol–water partition coefficient (Wildman–Crippen LogP) is 4.50. The molecule has 1 N–H and O–H groups in total. The van der Waals surface area contributed by atoms with Crippen LogP contribution in [-0.4, -0.2) is 18.3 Å². The Bertz CT molecular complexity index is 855. The minimum atomic E-state index is -0.199. The second-order valence-corrected chi connectivity index (χ2v) is 7.37. The summed E-state index contributed by atoms with van der Waals surface area (Å²) in [5, 5.41) is 2.95. The number of hydrogen-bond donors (Lipinski definition) is 1. The second kappa shape index (κ2) is 7.95. The summed E-state index contributed by atoms with van der Waals surface area (Å²) < 4.78 is 5.72. The number of rotatable bonds is 6. The van der Waals surface area contributed by atoms with Gasteiger partial charge in [-0.25, -0.2) is 0 Å². The Labute approximate surface area is 160 Å². The lowest BCUT2D eigenvalue weighted by Crippen LogP contribution is -2.31. The lowest BCUT2D eigenvalue weighted by Gasteiger charge is -2.16. The van der Waals surface area contributed by atoms with Crippen LogP contribution in [0.3, 0.4) is 0 Å². The minimum absolute atomic E-state index is 0.0981. The van der Waals surface area contributed by atoms with Gasteiger partial charge in [0.15, 0.2) is 12.4 Å². The van der Waals surface area contributed by atoms with E-state index in [4.69, 9.17) is 4.74 Å². The topological polar surface area (TPSA) is 55.4 Å². The standard InChI is InChI=1S/C23H27NO3/c1-5-17-7-9-18(10-8-17)16(4)24-21(26)13-27-20-11-6-14(2)22-15(3)12-19(25)23(20)22/h6-11,15-16H,5,12-13H2,1-4H3,(H,24,26)/t15-,16+/m1/s1. The number of Topliss-reactive ketones (excluding diaryl/α,β-unsaturated/α-hetero) is 1. The average Bonchev–Trinajstić information content (AvgIpc) is 2.96. The molecule has 0 saturated heterocycles. The highest BCUT2D eigenvalue weighted by Crippen LogP contribution is 2.40. The number of ketones is 1. The number of amides is 1. The maximum atomic E-state index is 12.3. The van der Waals surface area contributed by atoms with Gasteiger partial charge in [0.25, 0.3) is 5.91 Å². The van der Waals surface area contributed by atoms with Crippen molar-refractivity contribution >= 4 is 11.7 Å². The van der Waals surface area contributed by atoms with Crippen LogP contribution in [-0.2, 0) is 11.2 Å². The molecule has 0 saturated carbocycles. The molecule has 27 heavy (non-hydrogen) atoms. The van der Waals surface area contributed by atoms with Gasteiger partial charge in [-0.15, -0.1) is 0 Å². The molecule has 0 fully saturated rings. The fourth-order valence-electron chi connectivity index (χ4n) is 3.78. The van der Waals surface area contributed by atoms with E-state index < -0.39 is 0 Å². The van der Waals surface area contributed by atoms with Crippen molar-refractivity contribution in [2.45, 2.75) is 52.5 Å². The Kier molecular flexibility index (Phi) is 5.64. The van der Waals surface area contributed by atoms with Crippen LogP contribution >= 0.6 is 0 Å². The van der Waals surface area contributed by atoms with E-state index in [1.165, 1.54) is 5.56 Å². The zero-order valence-electron chi connectivity index (χ0n) is 16.5.